The Bertz CT molecular complexity index is 918. The van der Waals surface area contributed by atoms with Crippen molar-refractivity contribution in [2.24, 2.45) is 0 Å². The van der Waals surface area contributed by atoms with Crippen LogP contribution in [0.3, 0.4) is 0 Å². The average Bonchev–Trinajstić information content (AvgIpc) is 3.23. The number of anilines is 1. The van der Waals surface area contributed by atoms with Crippen LogP contribution in [0.5, 0.6) is 5.75 Å². The molecule has 3 rings (SSSR count). The van der Waals surface area contributed by atoms with E-state index in [1.807, 2.05) is 31.2 Å². The fraction of sp³-hybridized carbons (Fsp3) is 0.143. The third-order valence-electron chi connectivity index (χ3n) is 4.03. The summed E-state index contributed by atoms with van der Waals surface area (Å²) in [5, 5.41) is 5.74. The van der Waals surface area contributed by atoms with E-state index in [-0.39, 0.29) is 11.5 Å². The molecule has 0 aliphatic heterocycles. The van der Waals surface area contributed by atoms with Gasteiger partial charge in [-0.1, -0.05) is 42.0 Å². The van der Waals surface area contributed by atoms with E-state index in [4.69, 9.17) is 9.15 Å². The maximum Gasteiger partial charge on any atom is 0.288 e. The number of hydrogen-bond acceptors (Lipinski definition) is 5. The van der Waals surface area contributed by atoms with Crippen molar-refractivity contribution in [3.8, 4) is 5.75 Å². The largest absolute Gasteiger partial charge is 0.495 e. The molecule has 1 heterocycles. The van der Waals surface area contributed by atoms with Gasteiger partial charge in [-0.15, -0.1) is 0 Å². The predicted molar refractivity (Wildman–Crippen MR) is 102 cm³/mol. The molecule has 138 valence electrons. The van der Waals surface area contributed by atoms with E-state index < -0.39 is 12.1 Å². The quantitative estimate of drug-likeness (QED) is 0.494. The van der Waals surface area contributed by atoms with Crippen molar-refractivity contribution in [1.82, 2.24) is 5.32 Å². The summed E-state index contributed by atoms with van der Waals surface area (Å²) in [5.74, 6) is -0.0846. The molecule has 1 aromatic heterocycles. The summed E-state index contributed by atoms with van der Waals surface area (Å²) in [7, 11) is 1.54. The minimum Gasteiger partial charge on any atom is -0.495 e. The molecule has 1 unspecified atom stereocenters. The average molecular weight is 364 g/mol. The molecular formula is C21H20N2O4. The van der Waals surface area contributed by atoms with Crippen LogP contribution in [-0.4, -0.2) is 25.0 Å². The van der Waals surface area contributed by atoms with Crippen molar-refractivity contribution < 1.29 is 18.7 Å². The molecule has 1 amide bonds. The minimum atomic E-state index is -0.999. The van der Waals surface area contributed by atoms with E-state index in [1.54, 1.807) is 37.4 Å². The molecule has 6 nitrogen and oxygen atoms in total. The summed E-state index contributed by atoms with van der Waals surface area (Å²) >= 11 is 0. The number of furan rings is 1. The lowest BCUT2D eigenvalue weighted by Crippen LogP contribution is -2.46. The molecule has 0 radical (unpaired) electrons. The Hall–Kier alpha value is -3.54. The zero-order valence-electron chi connectivity index (χ0n) is 15.1. The van der Waals surface area contributed by atoms with Gasteiger partial charge in [0.1, 0.15) is 5.75 Å². The zero-order chi connectivity index (χ0) is 19.2. The van der Waals surface area contributed by atoms with Crippen molar-refractivity contribution in [2.75, 3.05) is 12.4 Å². The van der Waals surface area contributed by atoms with Gasteiger partial charge in [0.15, 0.2) is 11.9 Å². The van der Waals surface area contributed by atoms with Crippen LogP contribution in [0, 0.1) is 6.92 Å². The Morgan fingerprint density at radius 3 is 2.41 bits per heavy atom. The molecular weight excluding hydrogens is 344 g/mol. The van der Waals surface area contributed by atoms with Crippen molar-refractivity contribution in [3.05, 3.63) is 83.8 Å². The zero-order valence-corrected chi connectivity index (χ0v) is 15.1. The lowest BCUT2D eigenvalue weighted by atomic mass is 10.1. The van der Waals surface area contributed by atoms with Gasteiger partial charge in [0.25, 0.3) is 5.91 Å². The van der Waals surface area contributed by atoms with Gasteiger partial charge in [0.2, 0.25) is 5.78 Å². The molecule has 0 spiro atoms. The Morgan fingerprint density at radius 2 is 1.74 bits per heavy atom. The van der Waals surface area contributed by atoms with Crippen LogP contribution in [0.2, 0.25) is 0 Å². The standard InChI is InChI=1S/C21H20N2O4/c1-14-9-11-15(12-10-14)19(24)20(23-21(25)18-8-5-13-27-18)22-16-6-3-4-7-17(16)26-2/h3-13,20,22H,1-2H3,(H,23,25). The van der Waals surface area contributed by atoms with Gasteiger partial charge in [0, 0.05) is 5.56 Å². The fourth-order valence-corrected chi connectivity index (χ4v) is 2.58. The number of benzene rings is 2. The van der Waals surface area contributed by atoms with Gasteiger partial charge in [-0.05, 0) is 31.2 Å². The van der Waals surface area contributed by atoms with Gasteiger partial charge in [-0.2, -0.15) is 0 Å². The second-order valence-corrected chi connectivity index (χ2v) is 5.96. The Kier molecular flexibility index (Phi) is 5.56. The minimum absolute atomic E-state index is 0.124. The van der Waals surface area contributed by atoms with E-state index in [9.17, 15) is 9.59 Å². The van der Waals surface area contributed by atoms with E-state index in [2.05, 4.69) is 10.6 Å². The topological polar surface area (TPSA) is 80.6 Å². The van der Waals surface area contributed by atoms with Gasteiger partial charge in [0.05, 0.1) is 19.1 Å². The first kappa shape index (κ1) is 18.3. The highest BCUT2D eigenvalue weighted by atomic mass is 16.5. The van der Waals surface area contributed by atoms with Crippen molar-refractivity contribution in [2.45, 2.75) is 13.1 Å². The van der Waals surface area contributed by atoms with Crippen LogP contribution in [-0.2, 0) is 0 Å². The predicted octanol–water partition coefficient (Wildman–Crippen LogP) is 3.65. The molecule has 6 heteroatoms. The summed E-state index contributed by atoms with van der Waals surface area (Å²) in [6.07, 6.45) is 0.404. The number of carbonyl (C=O) groups is 2. The molecule has 0 aliphatic rings. The van der Waals surface area contributed by atoms with Crippen LogP contribution >= 0.6 is 0 Å². The molecule has 3 aromatic rings. The van der Waals surface area contributed by atoms with E-state index in [0.717, 1.165) is 5.56 Å². The molecule has 0 aliphatic carbocycles. The maximum atomic E-state index is 13.0. The highest BCUT2D eigenvalue weighted by Crippen LogP contribution is 2.24. The number of aryl methyl sites for hydroxylation is 1. The molecule has 27 heavy (non-hydrogen) atoms. The maximum absolute atomic E-state index is 13.0. The first-order valence-electron chi connectivity index (χ1n) is 8.43. The number of ether oxygens (including phenoxy) is 1. The normalized spacial score (nSPS) is 11.5. The Labute approximate surface area is 157 Å². The highest BCUT2D eigenvalue weighted by molar-refractivity contribution is 6.05. The third kappa shape index (κ3) is 4.36. The lowest BCUT2D eigenvalue weighted by molar-refractivity contribution is 0.0852. The van der Waals surface area contributed by atoms with E-state index in [1.165, 1.54) is 12.3 Å². The molecule has 0 saturated carbocycles. The highest BCUT2D eigenvalue weighted by Gasteiger charge is 2.24. The first-order chi connectivity index (χ1) is 13.1. The summed E-state index contributed by atoms with van der Waals surface area (Å²) in [5.41, 5.74) is 2.11. The summed E-state index contributed by atoms with van der Waals surface area (Å²) in [6.45, 7) is 1.94. The number of hydrogen-bond donors (Lipinski definition) is 2. The number of ketones is 1. The number of para-hydroxylation sites is 2. The van der Waals surface area contributed by atoms with Crippen molar-refractivity contribution in [3.63, 3.8) is 0 Å². The van der Waals surface area contributed by atoms with Gasteiger partial charge < -0.3 is 19.8 Å². The van der Waals surface area contributed by atoms with Crippen molar-refractivity contribution >= 4 is 17.4 Å². The number of rotatable bonds is 7. The van der Waals surface area contributed by atoms with Crippen LogP contribution in [0.15, 0.2) is 71.3 Å². The number of methoxy groups -OCH3 is 1. The Morgan fingerprint density at radius 1 is 1.00 bits per heavy atom. The molecule has 2 aromatic carbocycles. The van der Waals surface area contributed by atoms with Gasteiger partial charge in [-0.25, -0.2) is 0 Å². The third-order valence-corrected chi connectivity index (χ3v) is 4.03. The number of amides is 1. The second-order valence-electron chi connectivity index (χ2n) is 5.96. The van der Waals surface area contributed by atoms with E-state index >= 15 is 0 Å². The Balaban J connectivity index is 1.89. The summed E-state index contributed by atoms with van der Waals surface area (Å²) in [4.78, 5) is 25.4. The molecule has 2 N–H and O–H groups in total. The van der Waals surface area contributed by atoms with Crippen LogP contribution in [0.25, 0.3) is 0 Å². The number of nitrogens with one attached hydrogen (secondary N) is 2. The van der Waals surface area contributed by atoms with Crippen LogP contribution in [0.1, 0.15) is 26.5 Å². The molecule has 0 fully saturated rings. The summed E-state index contributed by atoms with van der Waals surface area (Å²) < 4.78 is 10.4. The van der Waals surface area contributed by atoms with Crippen molar-refractivity contribution in [1.29, 1.82) is 0 Å². The van der Waals surface area contributed by atoms with E-state index in [0.29, 0.717) is 17.0 Å². The molecule has 1 atom stereocenters. The van der Waals surface area contributed by atoms with Gasteiger partial charge in [-0.3, -0.25) is 9.59 Å². The monoisotopic (exact) mass is 364 g/mol. The number of carbonyl (C=O) groups excluding carboxylic acids is 2. The number of Topliss-reactive ketones (excluding diaryl/α,β-unsaturated/α-hetero) is 1. The molecule has 0 bridgehead atoms. The second kappa shape index (κ2) is 8.23. The van der Waals surface area contributed by atoms with Gasteiger partial charge >= 0.3 is 0 Å². The smallest absolute Gasteiger partial charge is 0.288 e. The molecule has 0 saturated heterocycles. The SMILES string of the molecule is COc1ccccc1NC(NC(=O)c1ccco1)C(=O)c1ccc(C)cc1. The first-order valence-corrected chi connectivity index (χ1v) is 8.43. The summed E-state index contributed by atoms with van der Waals surface area (Å²) in [6, 6.07) is 17.5. The van der Waals surface area contributed by atoms with Crippen LogP contribution in [0.4, 0.5) is 5.69 Å². The van der Waals surface area contributed by atoms with Crippen LogP contribution < -0.4 is 15.4 Å². The lowest BCUT2D eigenvalue weighted by Gasteiger charge is -2.21. The fourth-order valence-electron chi connectivity index (χ4n) is 2.58.